The highest BCUT2D eigenvalue weighted by molar-refractivity contribution is 5.15. The molecule has 0 N–H and O–H groups in total. The van der Waals surface area contributed by atoms with Crippen LogP contribution in [-0.2, 0) is 0 Å². The molecule has 0 radical (unpaired) electrons. The highest BCUT2D eigenvalue weighted by atomic mass is 14.2. The molecule has 0 spiro atoms. The molecule has 0 saturated heterocycles. The topological polar surface area (TPSA) is 0 Å². The van der Waals surface area contributed by atoms with Gasteiger partial charge >= 0.3 is 0 Å². The van der Waals surface area contributed by atoms with E-state index in [2.05, 4.69) is 13.8 Å². The van der Waals surface area contributed by atoms with Crippen molar-refractivity contribution in [2.75, 3.05) is 0 Å². The Morgan fingerprint density at radius 3 is 1.10 bits per heavy atom. The highest BCUT2D eigenvalue weighted by Crippen LogP contribution is 2.31. The van der Waals surface area contributed by atoms with Gasteiger partial charge in [-0.25, -0.2) is 0 Å². The van der Waals surface area contributed by atoms with Crippen LogP contribution in [0.25, 0.3) is 0 Å². The van der Waals surface area contributed by atoms with E-state index in [1.54, 1.807) is 0 Å². The normalized spacial score (nSPS) is 20.3. The summed E-state index contributed by atoms with van der Waals surface area (Å²) in [5, 5.41) is 0. The molecule has 2 aliphatic rings. The molecule has 0 atom stereocenters. The molecule has 0 heteroatoms. The van der Waals surface area contributed by atoms with Crippen molar-refractivity contribution in [2.24, 2.45) is 0 Å². The molecule has 124 valence electrons. The molecule has 2 aliphatic carbocycles. The largest absolute Gasteiger partial charge is 0.0710 e. The van der Waals surface area contributed by atoms with Gasteiger partial charge in [0.25, 0.3) is 0 Å². The van der Waals surface area contributed by atoms with Gasteiger partial charge in [0.1, 0.15) is 0 Å². The maximum atomic E-state index is 2.25. The first kappa shape index (κ1) is 18.8. The summed E-state index contributed by atoms with van der Waals surface area (Å²) in [6, 6.07) is 0. The van der Waals surface area contributed by atoms with Crippen LogP contribution < -0.4 is 0 Å². The van der Waals surface area contributed by atoms with Crippen molar-refractivity contribution in [3.05, 3.63) is 11.1 Å². The first-order chi connectivity index (χ1) is 10.4. The maximum absolute atomic E-state index is 2.25. The second kappa shape index (κ2) is 13.4. The fraction of sp³-hybridized carbons (Fsp3) is 0.905. The minimum Gasteiger partial charge on any atom is -0.0710 e. The number of allylic oxidation sites excluding steroid dienone is 2. The van der Waals surface area contributed by atoms with Crippen molar-refractivity contribution in [1.29, 1.82) is 0 Å². The maximum Gasteiger partial charge on any atom is -0.0318 e. The van der Waals surface area contributed by atoms with Gasteiger partial charge in [-0.1, -0.05) is 82.8 Å². The Labute approximate surface area is 134 Å². The monoisotopic (exact) mass is 292 g/mol. The van der Waals surface area contributed by atoms with E-state index in [4.69, 9.17) is 0 Å². The van der Waals surface area contributed by atoms with Crippen molar-refractivity contribution in [3.8, 4) is 0 Å². The zero-order valence-corrected chi connectivity index (χ0v) is 15.0. The number of rotatable bonds is 4. The molecule has 0 bridgehead atoms. The molecular weight excluding hydrogens is 252 g/mol. The van der Waals surface area contributed by atoms with Crippen molar-refractivity contribution in [1.82, 2.24) is 0 Å². The fourth-order valence-corrected chi connectivity index (χ4v) is 3.69. The molecule has 0 unspecified atom stereocenters. The summed E-state index contributed by atoms with van der Waals surface area (Å²) in [4.78, 5) is 0. The van der Waals surface area contributed by atoms with E-state index in [1.165, 1.54) is 109 Å². The predicted octanol–water partition coefficient (Wildman–Crippen LogP) is 7.97. The van der Waals surface area contributed by atoms with Crippen LogP contribution >= 0.6 is 0 Å². The zero-order valence-electron chi connectivity index (χ0n) is 15.0. The molecule has 0 aromatic heterocycles. The summed E-state index contributed by atoms with van der Waals surface area (Å²) in [7, 11) is 0. The minimum atomic E-state index is 1.36. The molecule has 0 amide bonds. The summed E-state index contributed by atoms with van der Waals surface area (Å²) < 4.78 is 0. The molecule has 0 aromatic rings. The predicted molar refractivity (Wildman–Crippen MR) is 96.9 cm³/mol. The van der Waals surface area contributed by atoms with Crippen LogP contribution in [0.15, 0.2) is 11.1 Å². The van der Waals surface area contributed by atoms with Gasteiger partial charge in [-0.15, -0.1) is 0 Å². The van der Waals surface area contributed by atoms with Gasteiger partial charge in [0, 0.05) is 0 Å². The van der Waals surface area contributed by atoms with Crippen molar-refractivity contribution in [3.63, 3.8) is 0 Å². The van der Waals surface area contributed by atoms with E-state index >= 15 is 0 Å². The number of hydrogen-bond donors (Lipinski definition) is 0. The van der Waals surface area contributed by atoms with Crippen LogP contribution in [0.2, 0.25) is 0 Å². The van der Waals surface area contributed by atoms with Gasteiger partial charge in [-0.3, -0.25) is 0 Å². The lowest BCUT2D eigenvalue weighted by molar-refractivity contribution is 0.656. The highest BCUT2D eigenvalue weighted by Gasteiger charge is 2.11. The SMILES string of the molecule is C1CCCC(=C2CCCCCC2)CC1.CCCCCCC. The Bertz CT molecular complexity index is 215. The third-order valence-electron chi connectivity index (χ3n) is 5.12. The van der Waals surface area contributed by atoms with Crippen LogP contribution in [0.1, 0.15) is 123 Å². The van der Waals surface area contributed by atoms with Crippen LogP contribution in [0, 0.1) is 0 Å². The van der Waals surface area contributed by atoms with E-state index < -0.39 is 0 Å². The summed E-state index contributed by atoms with van der Waals surface area (Å²) in [6.07, 6.45) is 24.6. The first-order valence-corrected chi connectivity index (χ1v) is 10.1. The van der Waals surface area contributed by atoms with E-state index in [-0.39, 0.29) is 0 Å². The van der Waals surface area contributed by atoms with Crippen LogP contribution in [-0.4, -0.2) is 0 Å². The Morgan fingerprint density at radius 1 is 0.476 bits per heavy atom. The number of unbranched alkanes of at least 4 members (excludes halogenated alkanes) is 4. The fourth-order valence-electron chi connectivity index (χ4n) is 3.69. The molecule has 0 nitrogen and oxygen atoms in total. The molecule has 2 saturated carbocycles. The number of hydrogen-bond acceptors (Lipinski definition) is 0. The van der Waals surface area contributed by atoms with E-state index in [1.807, 2.05) is 11.1 Å². The van der Waals surface area contributed by atoms with E-state index in [0.29, 0.717) is 0 Å². The minimum absolute atomic E-state index is 1.36. The lowest BCUT2D eigenvalue weighted by Crippen LogP contribution is -1.91. The molecule has 2 rings (SSSR count). The van der Waals surface area contributed by atoms with Gasteiger partial charge in [0.05, 0.1) is 0 Å². The second-order valence-corrected chi connectivity index (χ2v) is 7.10. The average molecular weight is 293 g/mol. The second-order valence-electron chi connectivity index (χ2n) is 7.10. The average Bonchev–Trinajstić information content (AvgIpc) is 2.93. The standard InChI is InChI=1S/C14H24.C7H16/c1-2-6-10-13(9-5-1)14-11-7-3-4-8-12-14;1-3-5-7-6-4-2/h1-12H2;3-7H2,1-2H3. The van der Waals surface area contributed by atoms with Gasteiger partial charge in [-0.2, -0.15) is 0 Å². The Balaban J connectivity index is 0.000000270. The molecule has 0 aliphatic heterocycles. The zero-order chi connectivity index (χ0) is 15.2. The van der Waals surface area contributed by atoms with Gasteiger partial charge in [0.15, 0.2) is 0 Å². The lowest BCUT2D eigenvalue weighted by atomic mass is 9.95. The third-order valence-corrected chi connectivity index (χ3v) is 5.12. The van der Waals surface area contributed by atoms with Crippen LogP contribution in [0.4, 0.5) is 0 Å². The first-order valence-electron chi connectivity index (χ1n) is 10.1. The third kappa shape index (κ3) is 9.38. The van der Waals surface area contributed by atoms with Crippen molar-refractivity contribution >= 4 is 0 Å². The molecule has 0 heterocycles. The molecule has 0 aromatic carbocycles. The van der Waals surface area contributed by atoms with Crippen LogP contribution in [0.3, 0.4) is 0 Å². The van der Waals surface area contributed by atoms with Crippen molar-refractivity contribution < 1.29 is 0 Å². The lowest BCUT2D eigenvalue weighted by Gasteiger charge is -2.11. The smallest absolute Gasteiger partial charge is 0.0318 e. The summed E-state index contributed by atoms with van der Waals surface area (Å²) in [6.45, 7) is 4.49. The Morgan fingerprint density at radius 2 is 0.810 bits per heavy atom. The summed E-state index contributed by atoms with van der Waals surface area (Å²) >= 11 is 0. The quantitative estimate of drug-likeness (QED) is 0.280. The molecule has 2 fully saturated rings. The Kier molecular flexibility index (Phi) is 12.0. The van der Waals surface area contributed by atoms with Gasteiger partial charge in [0.2, 0.25) is 0 Å². The summed E-state index contributed by atoms with van der Waals surface area (Å²) in [5.74, 6) is 0. The van der Waals surface area contributed by atoms with Crippen LogP contribution in [0.5, 0.6) is 0 Å². The van der Waals surface area contributed by atoms with E-state index in [0.717, 1.165) is 0 Å². The molecular formula is C21H40. The van der Waals surface area contributed by atoms with Crippen molar-refractivity contribution in [2.45, 2.75) is 123 Å². The van der Waals surface area contributed by atoms with E-state index in [9.17, 15) is 0 Å². The van der Waals surface area contributed by atoms with Gasteiger partial charge < -0.3 is 0 Å². The molecule has 21 heavy (non-hydrogen) atoms. The summed E-state index contributed by atoms with van der Waals surface area (Å²) in [5.41, 5.74) is 3.76. The Hall–Kier alpha value is -0.260. The van der Waals surface area contributed by atoms with Gasteiger partial charge in [-0.05, 0) is 51.4 Å².